The third kappa shape index (κ3) is 6.64. The molecule has 0 N–H and O–H groups in total. The number of aromatic nitrogens is 4. The molecular weight excluding hydrogens is 625 g/mol. The summed E-state index contributed by atoms with van der Waals surface area (Å²) < 4.78 is 11.4. The fourth-order valence-corrected chi connectivity index (χ4v) is 8.13. The zero-order valence-corrected chi connectivity index (χ0v) is 32.0. The topological polar surface area (TPSA) is 44.9 Å². The molecule has 1 aliphatic carbocycles. The molecular formula is C46H54N4O. The highest BCUT2D eigenvalue weighted by Crippen LogP contribution is 2.43. The quantitative estimate of drug-likeness (QED) is 0.143. The van der Waals surface area contributed by atoms with Gasteiger partial charge in [0.2, 0.25) is 0 Å². The Morgan fingerprint density at radius 2 is 1.69 bits per heavy atom. The molecule has 0 unspecified atom stereocenters. The highest BCUT2D eigenvalue weighted by atomic mass is 16.5. The Labute approximate surface area is 304 Å². The summed E-state index contributed by atoms with van der Waals surface area (Å²) in [5, 5.41) is 7.69. The van der Waals surface area contributed by atoms with Crippen LogP contribution in [0.1, 0.15) is 121 Å². The minimum Gasteiger partial charge on any atom is -0.457 e. The number of hydrogen-bond donors (Lipinski definition) is 0. The molecule has 264 valence electrons. The van der Waals surface area contributed by atoms with Gasteiger partial charge in [0.1, 0.15) is 17.3 Å². The van der Waals surface area contributed by atoms with Crippen molar-refractivity contribution in [2.24, 2.45) is 5.92 Å². The van der Waals surface area contributed by atoms with Crippen molar-refractivity contribution in [2.75, 3.05) is 0 Å². The van der Waals surface area contributed by atoms with Crippen molar-refractivity contribution in [1.82, 2.24) is 19.3 Å². The first kappa shape index (κ1) is 34.8. The van der Waals surface area contributed by atoms with Gasteiger partial charge in [-0.2, -0.15) is 5.10 Å². The number of benzene rings is 3. The molecule has 0 spiro atoms. The lowest BCUT2D eigenvalue weighted by atomic mass is 9.75. The first-order valence-corrected chi connectivity index (χ1v) is 19.0. The van der Waals surface area contributed by atoms with Crippen molar-refractivity contribution in [2.45, 2.75) is 112 Å². The molecule has 0 saturated carbocycles. The van der Waals surface area contributed by atoms with Crippen LogP contribution in [0.25, 0.3) is 33.3 Å². The lowest BCUT2D eigenvalue weighted by Gasteiger charge is -2.30. The summed E-state index contributed by atoms with van der Waals surface area (Å²) in [6.45, 7) is 20.5. The van der Waals surface area contributed by atoms with Crippen molar-refractivity contribution in [3.63, 3.8) is 0 Å². The second-order valence-corrected chi connectivity index (χ2v) is 16.1. The number of allylic oxidation sites excluding steroid dienone is 2. The van der Waals surface area contributed by atoms with Gasteiger partial charge in [-0.15, -0.1) is 0 Å². The Hall–Kier alpha value is -4.64. The maximum atomic E-state index is 6.86. The average Bonchev–Trinajstić information content (AvgIpc) is 3.60. The molecule has 0 amide bonds. The number of fused-ring (bicyclic) bond motifs is 3. The van der Waals surface area contributed by atoms with Gasteiger partial charge in [0.15, 0.2) is 0 Å². The molecule has 0 saturated heterocycles. The van der Waals surface area contributed by atoms with Crippen LogP contribution in [0, 0.1) is 12.8 Å². The average molecular weight is 679 g/mol. The van der Waals surface area contributed by atoms with Crippen LogP contribution in [0.4, 0.5) is 0 Å². The molecule has 3 heterocycles. The van der Waals surface area contributed by atoms with Crippen molar-refractivity contribution >= 4 is 21.8 Å². The van der Waals surface area contributed by atoms with Gasteiger partial charge in [0.25, 0.3) is 0 Å². The molecule has 7 rings (SSSR count). The first-order valence-electron chi connectivity index (χ1n) is 19.0. The van der Waals surface area contributed by atoms with E-state index in [2.05, 4.69) is 150 Å². The van der Waals surface area contributed by atoms with Crippen LogP contribution in [-0.4, -0.2) is 19.3 Å². The normalized spacial score (nSPS) is 16.7. The van der Waals surface area contributed by atoms with E-state index in [1.807, 2.05) is 6.20 Å². The fraction of sp³-hybridized carbons (Fsp3) is 0.391. The second-order valence-electron chi connectivity index (χ2n) is 16.1. The summed E-state index contributed by atoms with van der Waals surface area (Å²) in [5.74, 6) is 3.95. The van der Waals surface area contributed by atoms with Gasteiger partial charge in [-0.25, -0.2) is 9.67 Å². The predicted molar refractivity (Wildman–Crippen MR) is 213 cm³/mol. The van der Waals surface area contributed by atoms with E-state index < -0.39 is 0 Å². The van der Waals surface area contributed by atoms with Gasteiger partial charge in [0.05, 0.1) is 22.4 Å². The van der Waals surface area contributed by atoms with Crippen molar-refractivity contribution in [3.05, 3.63) is 119 Å². The number of aryl methyl sites for hydroxylation is 1. The summed E-state index contributed by atoms with van der Waals surface area (Å²) in [4.78, 5) is 4.85. The van der Waals surface area contributed by atoms with Crippen LogP contribution in [0.15, 0.2) is 90.6 Å². The van der Waals surface area contributed by atoms with Crippen LogP contribution in [-0.2, 0) is 11.8 Å². The van der Waals surface area contributed by atoms with E-state index >= 15 is 0 Å². The second kappa shape index (κ2) is 13.8. The predicted octanol–water partition coefficient (Wildman–Crippen LogP) is 12.7. The van der Waals surface area contributed by atoms with Gasteiger partial charge in [-0.05, 0) is 110 Å². The highest BCUT2D eigenvalue weighted by molar-refractivity contribution is 6.09. The lowest BCUT2D eigenvalue weighted by Crippen LogP contribution is -2.17. The van der Waals surface area contributed by atoms with Crippen molar-refractivity contribution < 1.29 is 4.74 Å². The first-order chi connectivity index (χ1) is 24.4. The van der Waals surface area contributed by atoms with Crippen LogP contribution in [0.5, 0.6) is 11.5 Å². The number of pyridine rings is 1. The molecule has 51 heavy (non-hydrogen) atoms. The minimum absolute atomic E-state index is 0.0799. The molecule has 2 atom stereocenters. The third-order valence-corrected chi connectivity index (χ3v) is 11.0. The summed E-state index contributed by atoms with van der Waals surface area (Å²) in [6, 6.07) is 26.1. The molecule has 3 aromatic heterocycles. The maximum absolute atomic E-state index is 6.86. The molecule has 5 nitrogen and oxygen atoms in total. The van der Waals surface area contributed by atoms with Gasteiger partial charge < -0.3 is 4.74 Å². The van der Waals surface area contributed by atoms with E-state index in [0.29, 0.717) is 17.8 Å². The summed E-state index contributed by atoms with van der Waals surface area (Å²) in [6.07, 6.45) is 10.0. The Balaban J connectivity index is 1.36. The lowest BCUT2D eigenvalue weighted by molar-refractivity contribution is 0.446. The smallest absolute Gasteiger partial charge is 0.137 e. The summed E-state index contributed by atoms with van der Waals surface area (Å²) in [7, 11) is 0. The number of nitrogens with zero attached hydrogens (tertiary/aromatic N) is 4. The largest absolute Gasteiger partial charge is 0.457 e. The molecule has 0 aliphatic heterocycles. The monoisotopic (exact) mass is 678 g/mol. The maximum Gasteiger partial charge on any atom is 0.137 e. The number of rotatable bonds is 9. The van der Waals surface area contributed by atoms with Crippen LogP contribution < -0.4 is 4.74 Å². The Bertz CT molecular complexity index is 2240. The number of para-hydroxylation sites is 1. The van der Waals surface area contributed by atoms with E-state index in [1.54, 1.807) is 0 Å². The zero-order valence-electron chi connectivity index (χ0n) is 32.0. The molecule has 1 aliphatic rings. The van der Waals surface area contributed by atoms with Crippen molar-refractivity contribution in [3.8, 4) is 23.0 Å². The Kier molecular flexibility index (Phi) is 9.43. The minimum atomic E-state index is -0.0799. The van der Waals surface area contributed by atoms with Crippen LogP contribution in [0.2, 0.25) is 0 Å². The molecule has 6 aromatic rings. The third-order valence-electron chi connectivity index (χ3n) is 11.0. The number of unbranched alkanes of at least 4 members (excludes halogenated alkanes) is 1. The molecule has 3 aromatic carbocycles. The van der Waals surface area contributed by atoms with E-state index in [-0.39, 0.29) is 5.41 Å². The Morgan fingerprint density at radius 3 is 2.43 bits per heavy atom. The highest BCUT2D eigenvalue weighted by Gasteiger charge is 2.31. The molecule has 0 fully saturated rings. The van der Waals surface area contributed by atoms with E-state index in [9.17, 15) is 0 Å². The zero-order chi connectivity index (χ0) is 36.0. The Morgan fingerprint density at radius 1 is 0.902 bits per heavy atom. The standard InChI is InChI=1S/C46H54N4O/c1-10-11-18-41-45(44-30(4)15-14-16-31(44)5)32(6)48-50(41)35-25-34(46(7,8)9)26-37(27-35)51-36-20-21-39-38-17-12-13-19-40(38)49(42(39)28-36)43-24-33(29(2)3)22-23-47-43/h12-13,15,17,19-29,31,44H,10-11,14,16,18H2,1-9H3/t31-,44-/m0/s1. The summed E-state index contributed by atoms with van der Waals surface area (Å²) in [5.41, 5.74) is 11.1. The van der Waals surface area contributed by atoms with E-state index in [0.717, 1.165) is 59.0 Å². The van der Waals surface area contributed by atoms with Crippen LogP contribution in [0.3, 0.4) is 0 Å². The molecule has 0 radical (unpaired) electrons. The molecule has 0 bridgehead atoms. The van der Waals surface area contributed by atoms with Gasteiger partial charge in [0, 0.05) is 46.3 Å². The number of hydrogen-bond acceptors (Lipinski definition) is 3. The number of ether oxygens (including phenoxy) is 1. The molecule has 5 heteroatoms. The SMILES string of the molecule is CCCCc1c([C@H]2C(C)=CCC[C@@H]2C)c(C)nn1-c1cc(Oc2ccc3c4ccccc4n(-c4cc(C(C)C)ccn4)c3c2)cc(C(C)(C)C)c1. The fourth-order valence-electron chi connectivity index (χ4n) is 8.13. The van der Waals surface area contributed by atoms with Gasteiger partial charge in [-0.1, -0.05) is 84.7 Å². The summed E-state index contributed by atoms with van der Waals surface area (Å²) >= 11 is 0. The van der Waals surface area contributed by atoms with E-state index in [1.165, 1.54) is 51.6 Å². The van der Waals surface area contributed by atoms with Crippen molar-refractivity contribution in [1.29, 1.82) is 0 Å². The van der Waals surface area contributed by atoms with E-state index in [4.69, 9.17) is 14.8 Å². The van der Waals surface area contributed by atoms with Gasteiger partial charge in [-0.3, -0.25) is 4.57 Å². The van der Waals surface area contributed by atoms with Gasteiger partial charge >= 0.3 is 0 Å². The van der Waals surface area contributed by atoms with Crippen LogP contribution >= 0.6 is 0 Å².